The van der Waals surface area contributed by atoms with E-state index in [1.54, 1.807) is 51.8 Å². The van der Waals surface area contributed by atoms with Gasteiger partial charge in [0.2, 0.25) is 5.96 Å². The fourth-order valence-electron chi connectivity index (χ4n) is 1.99. The van der Waals surface area contributed by atoms with Crippen molar-refractivity contribution >= 4 is 17.7 Å². The summed E-state index contributed by atoms with van der Waals surface area (Å²) in [6, 6.07) is 0. The molecule has 1 aromatic heterocycles. The molecule has 26 heavy (non-hydrogen) atoms. The number of nitrogens with one attached hydrogen (secondary N) is 2. The van der Waals surface area contributed by atoms with E-state index in [1.165, 1.54) is 7.11 Å². The van der Waals surface area contributed by atoms with Gasteiger partial charge in [0.05, 0.1) is 17.5 Å². The minimum atomic E-state index is -1.32. The number of ether oxygens (including phenoxy) is 3. The number of hydrogen-bond acceptors (Lipinski definition) is 6. The molecule has 1 amide bonds. The molecule has 0 aliphatic rings. The smallest absolute Gasteiger partial charge is 0.414 e. The van der Waals surface area contributed by atoms with E-state index in [4.69, 9.17) is 14.2 Å². The van der Waals surface area contributed by atoms with E-state index in [0.29, 0.717) is 5.69 Å². The van der Waals surface area contributed by atoms with Crippen LogP contribution < -0.4 is 10.6 Å². The summed E-state index contributed by atoms with van der Waals surface area (Å²) in [6.07, 6.45) is 2.68. The van der Waals surface area contributed by atoms with E-state index in [0.717, 1.165) is 0 Å². The molecule has 0 radical (unpaired) electrons. The predicted octanol–water partition coefficient (Wildman–Crippen LogP) is 2.85. The van der Waals surface area contributed by atoms with Crippen LogP contribution in [0.4, 0.5) is 10.5 Å². The Morgan fingerprint density at radius 3 is 2.19 bits per heavy atom. The lowest BCUT2D eigenvalue weighted by molar-refractivity contribution is -0.251. The van der Waals surface area contributed by atoms with Crippen LogP contribution in [-0.4, -0.2) is 46.1 Å². The number of alkyl carbamates (subject to hydrolysis) is 1. The molecular formula is C17H31N5O4. The lowest BCUT2D eigenvalue weighted by atomic mass is 10.2. The zero-order valence-electron chi connectivity index (χ0n) is 17.1. The number of aryl methyl sites for hydroxylation is 1. The fourth-order valence-corrected chi connectivity index (χ4v) is 1.99. The van der Waals surface area contributed by atoms with Gasteiger partial charge in [0.15, 0.2) is 0 Å². The Labute approximate surface area is 155 Å². The first-order valence-corrected chi connectivity index (χ1v) is 8.32. The SMILES string of the molecule is COC(C)(N=C(NC(=O)OC(C)(C)C)Nc1cnn(C)c1)OC(C)(C)C. The van der Waals surface area contributed by atoms with Crippen molar-refractivity contribution in [1.29, 1.82) is 0 Å². The number of rotatable bonds is 4. The number of aliphatic imine (C=N–C) groups is 1. The summed E-state index contributed by atoms with van der Waals surface area (Å²) < 4.78 is 18.2. The first-order valence-electron chi connectivity index (χ1n) is 8.32. The number of anilines is 1. The molecule has 9 nitrogen and oxygen atoms in total. The molecule has 2 N–H and O–H groups in total. The molecule has 1 heterocycles. The Kier molecular flexibility index (Phi) is 6.78. The molecule has 9 heteroatoms. The normalized spacial score (nSPS) is 15.3. The topological polar surface area (TPSA) is 99.0 Å². The Hall–Kier alpha value is -2.13. The van der Waals surface area contributed by atoms with Crippen molar-refractivity contribution in [3.8, 4) is 0 Å². The van der Waals surface area contributed by atoms with Crippen LogP contribution in [0, 0.1) is 0 Å². The molecule has 0 fully saturated rings. The van der Waals surface area contributed by atoms with Gasteiger partial charge < -0.3 is 19.5 Å². The molecular weight excluding hydrogens is 338 g/mol. The zero-order valence-corrected chi connectivity index (χ0v) is 17.1. The Morgan fingerprint density at radius 1 is 1.15 bits per heavy atom. The molecule has 0 saturated carbocycles. The zero-order chi connectivity index (χ0) is 20.2. The average Bonchev–Trinajstić information content (AvgIpc) is 2.79. The van der Waals surface area contributed by atoms with E-state index in [-0.39, 0.29) is 5.96 Å². The second kappa shape index (κ2) is 8.05. The van der Waals surface area contributed by atoms with E-state index in [1.807, 2.05) is 20.8 Å². The summed E-state index contributed by atoms with van der Waals surface area (Å²) in [5.41, 5.74) is -0.522. The first-order chi connectivity index (χ1) is 11.7. The Morgan fingerprint density at radius 2 is 1.77 bits per heavy atom. The van der Waals surface area contributed by atoms with Crippen molar-refractivity contribution in [2.24, 2.45) is 12.0 Å². The highest BCUT2D eigenvalue weighted by Gasteiger charge is 2.31. The van der Waals surface area contributed by atoms with Crippen molar-refractivity contribution in [3.05, 3.63) is 12.4 Å². The fraction of sp³-hybridized carbons (Fsp3) is 0.706. The van der Waals surface area contributed by atoms with E-state index in [2.05, 4.69) is 20.7 Å². The van der Waals surface area contributed by atoms with Gasteiger partial charge in [-0.3, -0.25) is 10.00 Å². The minimum Gasteiger partial charge on any atom is -0.444 e. The molecule has 1 aromatic rings. The second-order valence-electron chi connectivity index (χ2n) is 7.93. The number of amides is 1. The highest BCUT2D eigenvalue weighted by molar-refractivity contribution is 6.02. The summed E-state index contributed by atoms with van der Waals surface area (Å²) in [6.45, 7) is 12.6. The monoisotopic (exact) mass is 369 g/mol. The summed E-state index contributed by atoms with van der Waals surface area (Å²) in [4.78, 5) is 16.6. The van der Waals surface area contributed by atoms with Crippen LogP contribution in [0.25, 0.3) is 0 Å². The van der Waals surface area contributed by atoms with Gasteiger partial charge in [-0.05, 0) is 41.5 Å². The number of methoxy groups -OCH3 is 1. The molecule has 148 valence electrons. The molecule has 0 aliphatic heterocycles. The summed E-state index contributed by atoms with van der Waals surface area (Å²) in [5, 5.41) is 9.65. The molecule has 0 aliphatic carbocycles. The second-order valence-corrected chi connectivity index (χ2v) is 7.93. The number of nitrogens with zero attached hydrogens (tertiary/aromatic N) is 3. The van der Waals surface area contributed by atoms with E-state index in [9.17, 15) is 4.79 Å². The van der Waals surface area contributed by atoms with Crippen LogP contribution in [-0.2, 0) is 21.3 Å². The Balaban J connectivity index is 3.10. The van der Waals surface area contributed by atoms with Crippen molar-refractivity contribution in [2.45, 2.75) is 65.6 Å². The number of hydrogen-bond donors (Lipinski definition) is 2. The summed E-state index contributed by atoms with van der Waals surface area (Å²) in [7, 11) is 3.26. The van der Waals surface area contributed by atoms with Crippen LogP contribution in [0.2, 0.25) is 0 Å². The third-order valence-corrected chi connectivity index (χ3v) is 2.78. The van der Waals surface area contributed by atoms with Gasteiger partial charge in [-0.1, -0.05) is 0 Å². The van der Waals surface area contributed by atoms with Crippen LogP contribution in [0.5, 0.6) is 0 Å². The minimum absolute atomic E-state index is 0.112. The molecule has 1 atom stereocenters. The van der Waals surface area contributed by atoms with Crippen LogP contribution in [0.1, 0.15) is 48.5 Å². The van der Waals surface area contributed by atoms with Gasteiger partial charge >= 0.3 is 6.09 Å². The quantitative estimate of drug-likeness (QED) is 0.481. The number of aromatic nitrogens is 2. The maximum atomic E-state index is 12.2. The van der Waals surface area contributed by atoms with Crippen LogP contribution in [0.15, 0.2) is 17.4 Å². The first kappa shape index (κ1) is 21.9. The molecule has 1 unspecified atom stereocenters. The largest absolute Gasteiger partial charge is 0.444 e. The van der Waals surface area contributed by atoms with Crippen molar-refractivity contribution in [3.63, 3.8) is 0 Å². The Bertz CT molecular complexity index is 642. The average molecular weight is 369 g/mol. The van der Waals surface area contributed by atoms with Crippen molar-refractivity contribution in [1.82, 2.24) is 15.1 Å². The van der Waals surface area contributed by atoms with Gasteiger partial charge in [-0.15, -0.1) is 0 Å². The maximum absolute atomic E-state index is 12.2. The van der Waals surface area contributed by atoms with Gasteiger partial charge in [0.1, 0.15) is 5.60 Å². The highest BCUT2D eigenvalue weighted by atomic mass is 16.7. The van der Waals surface area contributed by atoms with E-state index >= 15 is 0 Å². The summed E-state index contributed by atoms with van der Waals surface area (Å²) in [5.74, 6) is -1.21. The number of carbonyl (C=O) groups is 1. The van der Waals surface area contributed by atoms with E-state index < -0.39 is 23.2 Å². The molecule has 0 bridgehead atoms. The third-order valence-electron chi connectivity index (χ3n) is 2.78. The van der Waals surface area contributed by atoms with Crippen LogP contribution in [0.3, 0.4) is 0 Å². The van der Waals surface area contributed by atoms with Gasteiger partial charge in [0, 0.05) is 27.3 Å². The van der Waals surface area contributed by atoms with Crippen LogP contribution >= 0.6 is 0 Å². The number of carbonyl (C=O) groups excluding carboxylic acids is 1. The molecule has 1 rings (SSSR count). The predicted molar refractivity (Wildman–Crippen MR) is 99.9 cm³/mol. The highest BCUT2D eigenvalue weighted by Crippen LogP contribution is 2.22. The molecule has 0 saturated heterocycles. The standard InChI is InChI=1S/C17H31N5O4/c1-15(2,3)25-14(23)20-13(19-12-10-18-22(8)11-12)21-17(7,24-9)26-16(4,5)6/h10-11H,1-9H3,(H2,19,20,21,23). The maximum Gasteiger partial charge on any atom is 0.414 e. The van der Waals surface area contributed by atoms with Gasteiger partial charge in [-0.2, -0.15) is 10.1 Å². The van der Waals surface area contributed by atoms with Crippen molar-refractivity contribution in [2.75, 3.05) is 12.4 Å². The lowest BCUT2D eigenvalue weighted by Gasteiger charge is -2.32. The van der Waals surface area contributed by atoms with Gasteiger partial charge in [0.25, 0.3) is 5.91 Å². The summed E-state index contributed by atoms with van der Waals surface area (Å²) >= 11 is 0. The number of guanidine groups is 1. The molecule has 0 aromatic carbocycles. The van der Waals surface area contributed by atoms with Gasteiger partial charge in [-0.25, -0.2) is 4.79 Å². The molecule has 0 spiro atoms. The third kappa shape index (κ3) is 8.30. The lowest BCUT2D eigenvalue weighted by Crippen LogP contribution is -2.44. The van der Waals surface area contributed by atoms with Crippen molar-refractivity contribution < 1.29 is 19.0 Å².